The second kappa shape index (κ2) is 8.20. The lowest BCUT2D eigenvalue weighted by Gasteiger charge is -2.27. The predicted octanol–water partition coefficient (Wildman–Crippen LogP) is 2.37. The molecule has 2 N–H and O–H groups in total. The summed E-state index contributed by atoms with van der Waals surface area (Å²) < 4.78 is 5.73. The molecule has 1 fully saturated rings. The van der Waals surface area contributed by atoms with Crippen molar-refractivity contribution in [3.05, 3.63) is 29.8 Å². The Kier molecular flexibility index (Phi) is 6.28. The van der Waals surface area contributed by atoms with Crippen molar-refractivity contribution in [3.63, 3.8) is 0 Å². The summed E-state index contributed by atoms with van der Waals surface area (Å²) in [5.41, 5.74) is 1.46. The quantitative estimate of drug-likeness (QED) is 0.819. The summed E-state index contributed by atoms with van der Waals surface area (Å²) in [5, 5.41) is 6.18. The number of nitrogens with zero attached hydrogens (tertiary/aromatic N) is 1. The van der Waals surface area contributed by atoms with E-state index in [0.717, 1.165) is 38.3 Å². The van der Waals surface area contributed by atoms with Crippen LogP contribution in [0.2, 0.25) is 0 Å². The molecule has 0 bridgehead atoms. The summed E-state index contributed by atoms with van der Waals surface area (Å²) >= 11 is 0. The third-order valence-corrected chi connectivity index (χ3v) is 3.99. The molecular formula is C18H29N3O2. The Bertz CT molecular complexity index is 488. The van der Waals surface area contributed by atoms with Crippen molar-refractivity contribution >= 4 is 6.03 Å². The molecule has 2 rings (SSSR count). The highest BCUT2D eigenvalue weighted by molar-refractivity contribution is 5.74. The molecule has 1 aliphatic heterocycles. The van der Waals surface area contributed by atoms with Crippen LogP contribution in [0.25, 0.3) is 0 Å². The van der Waals surface area contributed by atoms with Gasteiger partial charge in [0.05, 0.1) is 6.61 Å². The monoisotopic (exact) mass is 319 g/mol. The van der Waals surface area contributed by atoms with E-state index in [9.17, 15) is 4.79 Å². The maximum Gasteiger partial charge on any atom is 0.317 e. The molecule has 0 unspecified atom stereocenters. The second-order valence-corrected chi connectivity index (χ2v) is 6.95. The number of amides is 2. The molecule has 23 heavy (non-hydrogen) atoms. The summed E-state index contributed by atoms with van der Waals surface area (Å²) in [5.74, 6) is 0.881. The van der Waals surface area contributed by atoms with Crippen LogP contribution in [-0.2, 0) is 5.41 Å². The van der Waals surface area contributed by atoms with Gasteiger partial charge in [0.1, 0.15) is 5.75 Å². The molecular weight excluding hydrogens is 290 g/mol. The van der Waals surface area contributed by atoms with Crippen LogP contribution >= 0.6 is 0 Å². The van der Waals surface area contributed by atoms with Gasteiger partial charge in [-0.1, -0.05) is 32.9 Å². The molecule has 0 atom stereocenters. The van der Waals surface area contributed by atoms with Crippen LogP contribution in [0.15, 0.2) is 24.3 Å². The molecule has 1 saturated heterocycles. The van der Waals surface area contributed by atoms with E-state index in [1.54, 1.807) is 0 Å². The number of ether oxygens (including phenoxy) is 1. The van der Waals surface area contributed by atoms with Crippen LogP contribution in [0.1, 0.15) is 32.8 Å². The zero-order valence-electron chi connectivity index (χ0n) is 14.5. The van der Waals surface area contributed by atoms with E-state index < -0.39 is 0 Å². The van der Waals surface area contributed by atoms with Crippen molar-refractivity contribution in [1.29, 1.82) is 0 Å². The molecule has 2 amide bonds. The Labute approximate surface area is 139 Å². The Morgan fingerprint density at radius 3 is 2.48 bits per heavy atom. The zero-order valence-corrected chi connectivity index (χ0v) is 14.5. The average molecular weight is 319 g/mol. The van der Waals surface area contributed by atoms with Crippen LogP contribution in [-0.4, -0.2) is 50.3 Å². The molecule has 1 aromatic carbocycles. The lowest BCUT2D eigenvalue weighted by Crippen LogP contribution is -2.50. The Morgan fingerprint density at radius 2 is 1.87 bits per heavy atom. The van der Waals surface area contributed by atoms with Crippen molar-refractivity contribution in [2.75, 3.05) is 39.3 Å². The number of hydrogen-bond acceptors (Lipinski definition) is 3. The van der Waals surface area contributed by atoms with Gasteiger partial charge in [0.2, 0.25) is 0 Å². The number of carbonyl (C=O) groups is 1. The highest BCUT2D eigenvalue weighted by Crippen LogP contribution is 2.24. The molecule has 0 radical (unpaired) electrons. The molecule has 0 spiro atoms. The number of urea groups is 1. The number of nitrogens with one attached hydrogen (secondary N) is 2. The fourth-order valence-corrected chi connectivity index (χ4v) is 2.49. The number of piperazine rings is 1. The van der Waals surface area contributed by atoms with Crippen LogP contribution < -0.4 is 15.4 Å². The summed E-state index contributed by atoms with van der Waals surface area (Å²) in [7, 11) is 0. The van der Waals surface area contributed by atoms with Gasteiger partial charge in [-0.05, 0) is 29.5 Å². The van der Waals surface area contributed by atoms with Gasteiger partial charge >= 0.3 is 6.03 Å². The first-order valence-corrected chi connectivity index (χ1v) is 8.44. The van der Waals surface area contributed by atoms with E-state index in [2.05, 4.69) is 43.5 Å². The van der Waals surface area contributed by atoms with Gasteiger partial charge in [0.15, 0.2) is 0 Å². The van der Waals surface area contributed by atoms with Crippen LogP contribution in [0.4, 0.5) is 4.79 Å². The van der Waals surface area contributed by atoms with Crippen LogP contribution in [0.3, 0.4) is 0 Å². The lowest BCUT2D eigenvalue weighted by molar-refractivity contribution is 0.189. The molecule has 0 aromatic heterocycles. The highest BCUT2D eigenvalue weighted by atomic mass is 16.5. The van der Waals surface area contributed by atoms with Gasteiger partial charge < -0.3 is 20.3 Å². The Hall–Kier alpha value is -1.75. The van der Waals surface area contributed by atoms with Crippen LogP contribution in [0, 0.1) is 0 Å². The van der Waals surface area contributed by atoms with Crippen molar-refractivity contribution in [2.45, 2.75) is 32.6 Å². The molecule has 1 aliphatic rings. The topological polar surface area (TPSA) is 53.6 Å². The SMILES string of the molecule is CC(C)(C)c1ccc(OCCCNC(=O)N2CCNCC2)cc1. The first-order chi connectivity index (χ1) is 11.0. The normalized spacial score (nSPS) is 15.3. The largest absolute Gasteiger partial charge is 0.494 e. The van der Waals surface area contributed by atoms with Gasteiger partial charge in [0.25, 0.3) is 0 Å². The number of rotatable bonds is 5. The minimum Gasteiger partial charge on any atom is -0.494 e. The second-order valence-electron chi connectivity index (χ2n) is 6.95. The van der Waals surface area contributed by atoms with E-state index in [1.807, 2.05) is 17.0 Å². The Morgan fingerprint density at radius 1 is 1.22 bits per heavy atom. The van der Waals surface area contributed by atoms with E-state index in [-0.39, 0.29) is 11.4 Å². The molecule has 1 heterocycles. The predicted molar refractivity (Wildman–Crippen MR) is 93.1 cm³/mol. The smallest absolute Gasteiger partial charge is 0.317 e. The summed E-state index contributed by atoms with van der Waals surface area (Å²) in [6.07, 6.45) is 0.804. The van der Waals surface area contributed by atoms with E-state index in [4.69, 9.17) is 4.74 Å². The number of hydrogen-bond donors (Lipinski definition) is 2. The minimum atomic E-state index is 0.0287. The molecule has 0 aliphatic carbocycles. The summed E-state index contributed by atoms with van der Waals surface area (Å²) in [6.45, 7) is 11.2. The number of carbonyl (C=O) groups excluding carboxylic acids is 1. The van der Waals surface area contributed by atoms with Gasteiger partial charge in [-0.3, -0.25) is 0 Å². The van der Waals surface area contributed by atoms with Gasteiger partial charge in [-0.15, -0.1) is 0 Å². The molecule has 128 valence electrons. The summed E-state index contributed by atoms with van der Waals surface area (Å²) in [4.78, 5) is 13.8. The van der Waals surface area contributed by atoms with Gasteiger partial charge in [-0.25, -0.2) is 4.79 Å². The average Bonchev–Trinajstić information content (AvgIpc) is 2.55. The van der Waals surface area contributed by atoms with Crippen LogP contribution in [0.5, 0.6) is 5.75 Å². The fourth-order valence-electron chi connectivity index (χ4n) is 2.49. The maximum atomic E-state index is 11.9. The summed E-state index contributed by atoms with van der Waals surface area (Å²) in [6, 6.07) is 8.28. The highest BCUT2D eigenvalue weighted by Gasteiger charge is 2.15. The van der Waals surface area contributed by atoms with E-state index in [0.29, 0.717) is 13.2 Å². The fraction of sp³-hybridized carbons (Fsp3) is 0.611. The van der Waals surface area contributed by atoms with Gasteiger partial charge in [0, 0.05) is 32.7 Å². The molecule has 0 saturated carbocycles. The number of benzene rings is 1. The zero-order chi connectivity index (χ0) is 16.7. The lowest BCUT2D eigenvalue weighted by atomic mass is 9.87. The Balaban J connectivity index is 1.62. The first kappa shape index (κ1) is 17.6. The van der Waals surface area contributed by atoms with Crippen molar-refractivity contribution in [2.24, 2.45) is 0 Å². The molecule has 5 nitrogen and oxygen atoms in total. The van der Waals surface area contributed by atoms with Crippen molar-refractivity contribution in [3.8, 4) is 5.75 Å². The molecule has 5 heteroatoms. The molecule has 1 aromatic rings. The third-order valence-electron chi connectivity index (χ3n) is 3.99. The third kappa shape index (κ3) is 5.75. The maximum absolute atomic E-state index is 11.9. The van der Waals surface area contributed by atoms with Crippen molar-refractivity contribution in [1.82, 2.24) is 15.5 Å². The minimum absolute atomic E-state index is 0.0287. The van der Waals surface area contributed by atoms with E-state index in [1.165, 1.54) is 5.56 Å². The van der Waals surface area contributed by atoms with Gasteiger partial charge in [-0.2, -0.15) is 0 Å². The van der Waals surface area contributed by atoms with E-state index >= 15 is 0 Å². The van der Waals surface area contributed by atoms with Crippen molar-refractivity contribution < 1.29 is 9.53 Å². The first-order valence-electron chi connectivity index (χ1n) is 8.44. The standard InChI is InChI=1S/C18H29N3O2/c1-18(2,3)15-5-7-16(8-6-15)23-14-4-9-20-17(22)21-12-10-19-11-13-21/h5-8,19H,4,9-14H2,1-3H3,(H,20,22).